The Hall–Kier alpha value is -1.79. The molecule has 0 aliphatic heterocycles. The molecular formula is C14H14F3NO2. The zero-order chi connectivity index (χ0) is 14.8. The third kappa shape index (κ3) is 3.20. The molecule has 0 saturated carbocycles. The summed E-state index contributed by atoms with van der Waals surface area (Å²) < 4.78 is 43.9. The van der Waals surface area contributed by atoms with Crippen LogP contribution in [0.15, 0.2) is 34.9 Å². The normalized spacial score (nSPS) is 14.2. The van der Waals surface area contributed by atoms with Crippen molar-refractivity contribution >= 4 is 0 Å². The predicted octanol–water partition coefficient (Wildman–Crippen LogP) is 2.69. The average Bonchev–Trinajstić information content (AvgIpc) is 2.90. The average molecular weight is 285 g/mol. The summed E-state index contributed by atoms with van der Waals surface area (Å²) in [5.41, 5.74) is -1.00. The van der Waals surface area contributed by atoms with Crippen LogP contribution in [0.25, 0.3) is 0 Å². The summed E-state index contributed by atoms with van der Waals surface area (Å²) >= 11 is 0. The SMILES string of the molecule is CC(O)(CNCc1cc(F)c(F)c(F)c1)c1ccco1. The number of hydrogen-bond donors (Lipinski definition) is 2. The highest BCUT2D eigenvalue weighted by Gasteiger charge is 2.25. The molecule has 3 nitrogen and oxygen atoms in total. The summed E-state index contributed by atoms with van der Waals surface area (Å²) in [7, 11) is 0. The lowest BCUT2D eigenvalue weighted by Gasteiger charge is -2.21. The lowest BCUT2D eigenvalue weighted by atomic mass is 10.0. The van der Waals surface area contributed by atoms with E-state index in [0.717, 1.165) is 12.1 Å². The molecule has 1 aromatic heterocycles. The molecule has 1 unspecified atom stereocenters. The second-order valence-corrected chi connectivity index (χ2v) is 4.73. The zero-order valence-corrected chi connectivity index (χ0v) is 10.8. The number of furan rings is 1. The Morgan fingerprint density at radius 1 is 1.25 bits per heavy atom. The summed E-state index contributed by atoms with van der Waals surface area (Å²) in [6, 6.07) is 5.09. The lowest BCUT2D eigenvalue weighted by molar-refractivity contribution is 0.0340. The van der Waals surface area contributed by atoms with Gasteiger partial charge in [0, 0.05) is 13.1 Å². The Labute approximate surface area is 114 Å². The van der Waals surface area contributed by atoms with Gasteiger partial charge in [0.15, 0.2) is 17.5 Å². The van der Waals surface area contributed by atoms with E-state index in [1.54, 1.807) is 19.1 Å². The third-order valence-corrected chi connectivity index (χ3v) is 2.89. The predicted molar refractivity (Wildman–Crippen MR) is 66.3 cm³/mol. The molecule has 0 saturated heterocycles. The van der Waals surface area contributed by atoms with Gasteiger partial charge in [-0.05, 0) is 36.8 Å². The highest BCUT2D eigenvalue weighted by Crippen LogP contribution is 2.20. The van der Waals surface area contributed by atoms with Crippen molar-refractivity contribution < 1.29 is 22.7 Å². The Kier molecular flexibility index (Phi) is 4.15. The molecule has 0 amide bonds. The van der Waals surface area contributed by atoms with E-state index >= 15 is 0 Å². The standard InChI is InChI=1S/C14H14F3NO2/c1-14(19,12-3-2-4-20-12)8-18-7-9-5-10(15)13(17)11(16)6-9/h2-6,18-19H,7-8H2,1H3. The van der Waals surface area contributed by atoms with Crippen LogP contribution in [-0.2, 0) is 12.1 Å². The minimum absolute atomic E-state index is 0.0883. The van der Waals surface area contributed by atoms with E-state index < -0.39 is 23.1 Å². The molecule has 1 heterocycles. The molecule has 2 rings (SSSR count). The van der Waals surface area contributed by atoms with Gasteiger partial charge in [-0.1, -0.05) is 0 Å². The first-order valence-electron chi connectivity index (χ1n) is 6.00. The van der Waals surface area contributed by atoms with Crippen molar-refractivity contribution in [2.24, 2.45) is 0 Å². The molecule has 2 N–H and O–H groups in total. The van der Waals surface area contributed by atoms with Gasteiger partial charge in [0.05, 0.1) is 6.26 Å². The van der Waals surface area contributed by atoms with Crippen molar-refractivity contribution in [3.05, 3.63) is 59.3 Å². The fraction of sp³-hybridized carbons (Fsp3) is 0.286. The van der Waals surface area contributed by atoms with E-state index in [9.17, 15) is 18.3 Å². The first-order valence-corrected chi connectivity index (χ1v) is 6.00. The van der Waals surface area contributed by atoms with Crippen molar-refractivity contribution in [1.29, 1.82) is 0 Å². The summed E-state index contributed by atoms with van der Waals surface area (Å²) in [5, 5.41) is 13.0. The molecule has 0 radical (unpaired) electrons. The van der Waals surface area contributed by atoms with Gasteiger partial charge >= 0.3 is 0 Å². The topological polar surface area (TPSA) is 45.4 Å². The largest absolute Gasteiger partial charge is 0.466 e. The second-order valence-electron chi connectivity index (χ2n) is 4.73. The van der Waals surface area contributed by atoms with Crippen LogP contribution in [0.3, 0.4) is 0 Å². The summed E-state index contributed by atoms with van der Waals surface area (Å²) in [4.78, 5) is 0. The van der Waals surface area contributed by atoms with Crippen LogP contribution in [0, 0.1) is 17.5 Å². The molecule has 0 bridgehead atoms. The number of rotatable bonds is 5. The lowest BCUT2D eigenvalue weighted by Crippen LogP contribution is -2.34. The van der Waals surface area contributed by atoms with Gasteiger partial charge in [-0.3, -0.25) is 0 Å². The van der Waals surface area contributed by atoms with Gasteiger partial charge in [0.2, 0.25) is 0 Å². The molecule has 0 aliphatic carbocycles. The quantitative estimate of drug-likeness (QED) is 0.830. The van der Waals surface area contributed by atoms with E-state index in [1.165, 1.54) is 6.26 Å². The Bertz CT molecular complexity index is 559. The number of nitrogens with one attached hydrogen (secondary N) is 1. The maximum Gasteiger partial charge on any atom is 0.194 e. The van der Waals surface area contributed by atoms with E-state index in [4.69, 9.17) is 4.42 Å². The summed E-state index contributed by atoms with van der Waals surface area (Å²) in [6.45, 7) is 1.75. The Morgan fingerprint density at radius 2 is 1.90 bits per heavy atom. The smallest absolute Gasteiger partial charge is 0.194 e. The van der Waals surface area contributed by atoms with Crippen LogP contribution >= 0.6 is 0 Å². The molecule has 0 spiro atoms. The first kappa shape index (κ1) is 14.6. The molecule has 0 fully saturated rings. The highest BCUT2D eigenvalue weighted by molar-refractivity contribution is 5.19. The number of benzene rings is 1. The van der Waals surface area contributed by atoms with Crippen LogP contribution in [0.2, 0.25) is 0 Å². The summed E-state index contributed by atoms with van der Waals surface area (Å²) in [5.74, 6) is -3.59. The van der Waals surface area contributed by atoms with Crippen LogP contribution in [0.5, 0.6) is 0 Å². The third-order valence-electron chi connectivity index (χ3n) is 2.89. The molecule has 20 heavy (non-hydrogen) atoms. The number of hydrogen-bond acceptors (Lipinski definition) is 3. The maximum atomic E-state index is 13.0. The van der Waals surface area contributed by atoms with Gasteiger partial charge < -0.3 is 14.8 Å². The van der Waals surface area contributed by atoms with Crippen LogP contribution in [0.1, 0.15) is 18.2 Å². The van der Waals surface area contributed by atoms with Crippen molar-refractivity contribution in [2.45, 2.75) is 19.1 Å². The van der Waals surface area contributed by atoms with Crippen LogP contribution in [-0.4, -0.2) is 11.7 Å². The summed E-state index contributed by atoms with van der Waals surface area (Å²) in [6.07, 6.45) is 1.44. The van der Waals surface area contributed by atoms with Crippen molar-refractivity contribution in [3.63, 3.8) is 0 Å². The van der Waals surface area contributed by atoms with Gasteiger partial charge in [-0.25, -0.2) is 13.2 Å². The van der Waals surface area contributed by atoms with Crippen molar-refractivity contribution in [2.75, 3.05) is 6.54 Å². The monoisotopic (exact) mass is 285 g/mol. The molecular weight excluding hydrogens is 271 g/mol. The fourth-order valence-corrected chi connectivity index (χ4v) is 1.83. The van der Waals surface area contributed by atoms with E-state index in [0.29, 0.717) is 5.76 Å². The van der Waals surface area contributed by atoms with Crippen molar-refractivity contribution in [1.82, 2.24) is 5.32 Å². The molecule has 108 valence electrons. The molecule has 6 heteroatoms. The minimum Gasteiger partial charge on any atom is -0.466 e. The fourth-order valence-electron chi connectivity index (χ4n) is 1.83. The molecule has 0 aliphatic rings. The van der Waals surface area contributed by atoms with Gasteiger partial charge in [0.1, 0.15) is 11.4 Å². The highest BCUT2D eigenvalue weighted by atomic mass is 19.2. The number of halogens is 3. The maximum absolute atomic E-state index is 13.0. The van der Waals surface area contributed by atoms with Crippen LogP contribution in [0.4, 0.5) is 13.2 Å². The Morgan fingerprint density at radius 3 is 2.45 bits per heavy atom. The Balaban J connectivity index is 1.96. The molecule has 1 aromatic carbocycles. The van der Waals surface area contributed by atoms with E-state index in [-0.39, 0.29) is 18.7 Å². The second kappa shape index (κ2) is 5.68. The van der Waals surface area contributed by atoms with Gasteiger partial charge in [-0.15, -0.1) is 0 Å². The minimum atomic E-state index is -1.49. The van der Waals surface area contributed by atoms with Crippen molar-refractivity contribution in [3.8, 4) is 0 Å². The number of aliphatic hydroxyl groups is 1. The van der Waals surface area contributed by atoms with Gasteiger partial charge in [0.25, 0.3) is 0 Å². The zero-order valence-electron chi connectivity index (χ0n) is 10.8. The first-order chi connectivity index (χ1) is 9.40. The molecule has 2 aromatic rings. The molecule has 1 atom stereocenters. The van der Waals surface area contributed by atoms with Gasteiger partial charge in [-0.2, -0.15) is 0 Å². The van der Waals surface area contributed by atoms with Crippen LogP contribution < -0.4 is 5.32 Å². The van der Waals surface area contributed by atoms with E-state index in [1.807, 2.05) is 0 Å². The van der Waals surface area contributed by atoms with E-state index in [2.05, 4.69) is 5.32 Å².